The molecule has 1 unspecified atom stereocenters. The summed E-state index contributed by atoms with van der Waals surface area (Å²) in [5.41, 5.74) is 16.1. The van der Waals surface area contributed by atoms with Crippen LogP contribution in [0.5, 0.6) is 0 Å². The number of furan rings is 3. The normalized spacial score (nSPS) is 15.4. The van der Waals surface area contributed by atoms with Crippen LogP contribution in [0.1, 0.15) is 6.92 Å². The molecule has 3 aliphatic heterocycles. The van der Waals surface area contributed by atoms with Crippen LogP contribution < -0.4 is 27.9 Å². The van der Waals surface area contributed by atoms with Gasteiger partial charge in [-0.3, -0.25) is 0 Å². The van der Waals surface area contributed by atoms with E-state index in [0.29, 0.717) is 0 Å². The molecule has 19 rings (SSSR count). The molecule has 0 aliphatic carbocycles. The van der Waals surface area contributed by atoms with Gasteiger partial charge in [-0.1, -0.05) is 0 Å². The molecule has 0 spiro atoms. The standard InChI is InChI=1S/C72H43GeN3O3/c1-2-73-69-58-21-11-23-60(69)75(49-26-29-64-56(39-49)53-32-42-14-4-7-17-45(42)36-67(53)78-64)62-34-47-19-9-10-20-51(47)72(71(62)73)76(50-27-30-65-57(40-50)54-33-43-15-5-8-18-46(43)37-68(54)79-65)61-24-12-22-59(70(61)73)74(58)48-25-28-63-55(38-48)52-31-41-13-3-6-16-44(41)35-66(52)77-63/h3-40H,2H2,1H3. The number of fused-ring (bicyclic) bond motifs is 14. The first-order valence-electron chi connectivity index (χ1n) is 27.4. The Balaban J connectivity index is 0.935. The summed E-state index contributed by atoms with van der Waals surface area (Å²) in [6.45, 7) is 2.49. The van der Waals surface area contributed by atoms with E-state index in [1.165, 1.54) is 90.4 Å². The van der Waals surface area contributed by atoms with Crippen LogP contribution in [0.4, 0.5) is 51.2 Å². The van der Waals surface area contributed by atoms with Crippen LogP contribution in [0.3, 0.4) is 0 Å². The topological polar surface area (TPSA) is 49.1 Å². The molecule has 368 valence electrons. The Labute approximate surface area is 454 Å². The molecule has 13 aromatic carbocycles. The first kappa shape index (κ1) is 42.4. The fourth-order valence-corrected chi connectivity index (χ4v) is 26.5. The summed E-state index contributed by atoms with van der Waals surface area (Å²) in [6, 6.07) is 85.6. The van der Waals surface area contributed by atoms with Gasteiger partial charge in [-0.15, -0.1) is 0 Å². The Kier molecular flexibility index (Phi) is 8.07. The number of nitrogens with zero attached hydrogens (tertiary/aromatic N) is 3. The molecular weight excluding hydrogens is 1030 g/mol. The van der Waals surface area contributed by atoms with Gasteiger partial charge >= 0.3 is 457 Å². The van der Waals surface area contributed by atoms with Crippen LogP contribution in [0.2, 0.25) is 5.25 Å². The van der Waals surface area contributed by atoms with Gasteiger partial charge in [0.05, 0.1) is 0 Å². The number of benzene rings is 13. The average Bonchev–Trinajstić information content (AvgIpc) is 2.47. The van der Waals surface area contributed by atoms with Crippen LogP contribution >= 0.6 is 0 Å². The van der Waals surface area contributed by atoms with E-state index in [1.807, 2.05) is 0 Å². The van der Waals surface area contributed by atoms with Crippen molar-refractivity contribution in [1.29, 1.82) is 0 Å². The molecule has 0 N–H and O–H groups in total. The SMILES string of the molecule is C[CH2][Ge]12[c]3c4cccc3N(c3ccc5oc6cc7ccccc7cc6c5c3)c3cc5ccccc5c([c]31)N(c1ccc3oc5cc6ccccc6cc5c3c1)c1cccc([c]12)N4c1ccc2oc3cc4ccccc4cc3c2c1. The van der Waals surface area contributed by atoms with Crippen molar-refractivity contribution in [2.45, 2.75) is 12.2 Å². The summed E-state index contributed by atoms with van der Waals surface area (Å²) < 4.78 is 24.5. The van der Waals surface area contributed by atoms with Crippen LogP contribution in [0, 0.1) is 0 Å². The Morgan fingerprint density at radius 3 is 1.06 bits per heavy atom. The van der Waals surface area contributed by atoms with E-state index in [4.69, 9.17) is 13.3 Å². The first-order valence-corrected chi connectivity index (χ1v) is 32.0. The number of hydrogen-bond donors (Lipinski definition) is 0. The van der Waals surface area contributed by atoms with Crippen molar-refractivity contribution in [3.8, 4) is 0 Å². The predicted molar refractivity (Wildman–Crippen MR) is 331 cm³/mol. The third-order valence-electron chi connectivity index (χ3n) is 18.0. The van der Waals surface area contributed by atoms with Crippen LogP contribution in [-0.2, 0) is 0 Å². The zero-order valence-electron chi connectivity index (χ0n) is 42.7. The molecule has 16 aromatic rings. The quantitative estimate of drug-likeness (QED) is 0.164. The fourth-order valence-electron chi connectivity index (χ4n) is 14.7. The molecule has 0 saturated heterocycles. The third kappa shape index (κ3) is 5.46. The van der Waals surface area contributed by atoms with Crippen molar-refractivity contribution in [2.75, 3.05) is 14.7 Å². The van der Waals surface area contributed by atoms with E-state index < -0.39 is 13.3 Å². The summed E-state index contributed by atoms with van der Waals surface area (Å²) in [5.74, 6) is 0. The number of hydrogen-bond acceptors (Lipinski definition) is 6. The Hall–Kier alpha value is -9.76. The van der Waals surface area contributed by atoms with E-state index in [-0.39, 0.29) is 0 Å². The molecule has 7 heteroatoms. The minimum atomic E-state index is -3.84. The maximum absolute atomic E-state index is 6.71. The Bertz CT molecular complexity index is 5420. The third-order valence-corrected chi connectivity index (χ3v) is 28.8. The molecule has 0 saturated carbocycles. The second-order valence-electron chi connectivity index (χ2n) is 21.9. The van der Waals surface area contributed by atoms with E-state index in [9.17, 15) is 0 Å². The molecule has 0 radical (unpaired) electrons. The maximum atomic E-state index is 6.71. The van der Waals surface area contributed by atoms with Gasteiger partial charge in [0.2, 0.25) is 0 Å². The molecule has 6 heterocycles. The van der Waals surface area contributed by atoms with E-state index in [2.05, 4.69) is 252 Å². The van der Waals surface area contributed by atoms with Crippen molar-refractivity contribution in [2.24, 2.45) is 0 Å². The molecule has 0 amide bonds. The average molecular weight is 1070 g/mol. The molecule has 79 heavy (non-hydrogen) atoms. The monoisotopic (exact) mass is 1070 g/mol. The zero-order valence-corrected chi connectivity index (χ0v) is 44.8. The Morgan fingerprint density at radius 1 is 0.278 bits per heavy atom. The van der Waals surface area contributed by atoms with Crippen molar-refractivity contribution in [3.63, 3.8) is 0 Å². The van der Waals surface area contributed by atoms with Gasteiger partial charge in [-0.25, -0.2) is 0 Å². The van der Waals surface area contributed by atoms with E-state index in [0.717, 1.165) is 88.1 Å². The summed E-state index contributed by atoms with van der Waals surface area (Å²) in [4.78, 5) is 7.82. The van der Waals surface area contributed by atoms with Crippen LogP contribution in [-0.4, -0.2) is 13.3 Å². The van der Waals surface area contributed by atoms with Crippen molar-refractivity contribution >= 4 is 187 Å². The van der Waals surface area contributed by atoms with Gasteiger partial charge in [0.15, 0.2) is 0 Å². The molecule has 6 nitrogen and oxygen atoms in total. The molecule has 3 aliphatic rings. The summed E-state index contributed by atoms with van der Waals surface area (Å²) in [7, 11) is 0. The summed E-state index contributed by atoms with van der Waals surface area (Å²) >= 11 is -3.84. The van der Waals surface area contributed by atoms with Crippen molar-refractivity contribution in [1.82, 2.24) is 0 Å². The molecule has 1 atom stereocenters. The van der Waals surface area contributed by atoms with Gasteiger partial charge in [-0.05, 0) is 0 Å². The Morgan fingerprint density at radius 2 is 0.633 bits per heavy atom. The number of anilines is 9. The summed E-state index contributed by atoms with van der Waals surface area (Å²) in [5, 5.41) is 17.2. The van der Waals surface area contributed by atoms with Crippen molar-refractivity contribution < 1.29 is 13.3 Å². The van der Waals surface area contributed by atoms with Gasteiger partial charge in [0.25, 0.3) is 0 Å². The molecule has 0 fully saturated rings. The molecule has 3 aromatic heterocycles. The zero-order chi connectivity index (χ0) is 51.4. The number of rotatable bonds is 4. The van der Waals surface area contributed by atoms with Gasteiger partial charge in [0.1, 0.15) is 0 Å². The minimum absolute atomic E-state index is 0.878. The van der Waals surface area contributed by atoms with Gasteiger partial charge in [-0.2, -0.15) is 0 Å². The second-order valence-corrected chi connectivity index (χ2v) is 30.3. The second kappa shape index (κ2) is 15.0. The van der Waals surface area contributed by atoms with Crippen LogP contribution in [0.25, 0.3) is 109 Å². The first-order chi connectivity index (χ1) is 39.1. The van der Waals surface area contributed by atoms with E-state index >= 15 is 0 Å². The summed E-state index contributed by atoms with van der Waals surface area (Å²) in [6.07, 6.45) is 0. The van der Waals surface area contributed by atoms with E-state index in [1.54, 1.807) is 0 Å². The van der Waals surface area contributed by atoms with Crippen LogP contribution in [0.15, 0.2) is 244 Å². The van der Waals surface area contributed by atoms with Gasteiger partial charge in [0, 0.05) is 0 Å². The molecular formula is C72H43GeN3O3. The fraction of sp³-hybridized carbons (Fsp3) is 0.0278. The predicted octanol–water partition coefficient (Wildman–Crippen LogP) is 18.8. The van der Waals surface area contributed by atoms with Gasteiger partial charge < -0.3 is 0 Å². The van der Waals surface area contributed by atoms with Crippen molar-refractivity contribution in [3.05, 3.63) is 231 Å². The molecule has 0 bridgehead atoms.